The Hall–Kier alpha value is -1.95. The maximum atomic E-state index is 13.3. The molecule has 1 N–H and O–H groups in total. The van der Waals surface area contributed by atoms with E-state index in [4.69, 9.17) is 32.8 Å². The van der Waals surface area contributed by atoms with Gasteiger partial charge in [-0.25, -0.2) is 0 Å². The van der Waals surface area contributed by atoms with Gasteiger partial charge in [-0.3, -0.25) is 14.1 Å². The molecule has 6 radical (unpaired) electrons. The van der Waals surface area contributed by atoms with Gasteiger partial charge in [0.05, 0.1) is 35.4 Å². The number of halogens is 3. The van der Waals surface area contributed by atoms with Gasteiger partial charge in [0, 0.05) is 0 Å². The molecule has 0 aromatic heterocycles. The van der Waals surface area contributed by atoms with E-state index in [0.717, 1.165) is 0 Å². The van der Waals surface area contributed by atoms with Crippen molar-refractivity contribution in [1.29, 1.82) is 0 Å². The van der Waals surface area contributed by atoms with Crippen molar-refractivity contribution >= 4 is 45.6 Å². The zero-order valence-electron chi connectivity index (χ0n) is 18.7. The number of esters is 2. The molecule has 0 spiro atoms. The largest absolute Gasteiger partial charge is 0.451 e. The Balaban J connectivity index is 1.87. The van der Waals surface area contributed by atoms with E-state index in [1.807, 2.05) is 0 Å². The molecule has 5 atom stereocenters. The van der Waals surface area contributed by atoms with E-state index >= 15 is 0 Å². The molecule has 2 saturated carbocycles. The van der Waals surface area contributed by atoms with Crippen LogP contribution in [0.2, 0.25) is 0 Å². The van der Waals surface area contributed by atoms with Crippen LogP contribution in [-0.4, -0.2) is 66.5 Å². The van der Waals surface area contributed by atoms with Crippen LogP contribution in [0, 0.1) is 23.7 Å². The SMILES string of the molecule is [B]Cc1cc(C[B])c(OC(=O)C2C3CCC(C3)C2C(=O)OC(CS(=O)(=O)O)C(F)(F)F)c(C[B])c1. The predicted molar refractivity (Wildman–Crippen MR) is 121 cm³/mol. The molecule has 0 amide bonds. The van der Waals surface area contributed by atoms with Crippen molar-refractivity contribution in [2.24, 2.45) is 23.7 Å². The number of rotatable bonds is 9. The lowest BCUT2D eigenvalue weighted by molar-refractivity contribution is -0.219. The lowest BCUT2D eigenvalue weighted by Crippen LogP contribution is -2.44. The summed E-state index contributed by atoms with van der Waals surface area (Å²) >= 11 is 0. The van der Waals surface area contributed by atoms with Crippen molar-refractivity contribution in [3.05, 3.63) is 28.8 Å². The molecule has 5 unspecified atom stereocenters. The highest BCUT2D eigenvalue weighted by molar-refractivity contribution is 7.85. The topological polar surface area (TPSA) is 107 Å². The third-order valence-electron chi connectivity index (χ3n) is 6.63. The van der Waals surface area contributed by atoms with Crippen LogP contribution in [0.25, 0.3) is 0 Å². The number of carbonyl (C=O) groups is 2. The highest BCUT2D eigenvalue weighted by Crippen LogP contribution is 2.53. The van der Waals surface area contributed by atoms with E-state index in [1.165, 1.54) is 0 Å². The molecule has 3 rings (SSSR count). The van der Waals surface area contributed by atoms with E-state index < -0.39 is 57.8 Å². The van der Waals surface area contributed by atoms with Crippen molar-refractivity contribution in [2.75, 3.05) is 5.75 Å². The summed E-state index contributed by atoms with van der Waals surface area (Å²) < 4.78 is 80.9. The van der Waals surface area contributed by atoms with Crippen molar-refractivity contribution in [3.63, 3.8) is 0 Å². The van der Waals surface area contributed by atoms with E-state index in [-0.39, 0.29) is 30.6 Å². The van der Waals surface area contributed by atoms with Crippen molar-refractivity contribution in [2.45, 2.75) is 50.5 Å². The number of hydrogen-bond acceptors (Lipinski definition) is 6. The summed E-state index contributed by atoms with van der Waals surface area (Å²) in [5.41, 5.74) is 1.62. The summed E-state index contributed by atoms with van der Waals surface area (Å²) in [6.07, 6.45) is -6.65. The molecule has 14 heteroatoms. The Bertz CT molecular complexity index is 1060. The van der Waals surface area contributed by atoms with E-state index in [1.54, 1.807) is 12.1 Å². The van der Waals surface area contributed by atoms with Crippen LogP contribution in [0.5, 0.6) is 5.75 Å². The normalized spacial score (nSPS) is 24.8. The molecule has 2 bridgehead atoms. The average Bonchev–Trinajstić information content (AvgIpc) is 3.38. The first-order valence-electron chi connectivity index (χ1n) is 11.0. The molecule has 2 aliphatic carbocycles. The molecule has 35 heavy (non-hydrogen) atoms. The van der Waals surface area contributed by atoms with Crippen molar-refractivity contribution in [1.82, 2.24) is 0 Å². The van der Waals surface area contributed by atoms with Crippen LogP contribution < -0.4 is 4.74 Å². The second kappa shape index (κ2) is 10.6. The van der Waals surface area contributed by atoms with Gasteiger partial charge < -0.3 is 9.47 Å². The summed E-state index contributed by atoms with van der Waals surface area (Å²) in [5.74, 6) is -7.00. The lowest BCUT2D eigenvalue weighted by atomic mass is 9.79. The fourth-order valence-corrected chi connectivity index (χ4v) is 5.76. The Morgan fingerprint density at radius 3 is 1.94 bits per heavy atom. The minimum Gasteiger partial charge on any atom is -0.451 e. The average molecular weight is 508 g/mol. The molecule has 2 fully saturated rings. The maximum Gasteiger partial charge on any atom is 0.426 e. The second-order valence-electron chi connectivity index (χ2n) is 8.88. The molecule has 2 aliphatic rings. The summed E-state index contributed by atoms with van der Waals surface area (Å²) in [6.45, 7) is 0. The number of carbonyl (C=O) groups excluding carboxylic acids is 2. The molecule has 184 valence electrons. The first kappa shape index (κ1) is 27.6. The van der Waals surface area contributed by atoms with Gasteiger partial charge in [0.15, 0.2) is 0 Å². The van der Waals surface area contributed by atoms with Gasteiger partial charge in [0.1, 0.15) is 11.5 Å². The number of benzene rings is 1. The Kier molecular flexibility index (Phi) is 8.35. The van der Waals surface area contributed by atoms with Gasteiger partial charge in [-0.15, -0.1) is 0 Å². The highest BCUT2D eigenvalue weighted by atomic mass is 32.2. The van der Waals surface area contributed by atoms with Crippen molar-refractivity contribution < 1.29 is 45.2 Å². The smallest absolute Gasteiger partial charge is 0.426 e. The molecular formula is C21H22B3F3O7S. The third-order valence-corrected chi connectivity index (χ3v) is 7.35. The van der Waals surface area contributed by atoms with Gasteiger partial charge in [0.25, 0.3) is 10.1 Å². The summed E-state index contributed by atoms with van der Waals surface area (Å²) in [6, 6.07) is 3.30. The van der Waals surface area contributed by atoms with Gasteiger partial charge >= 0.3 is 18.1 Å². The first-order chi connectivity index (χ1) is 16.3. The van der Waals surface area contributed by atoms with Gasteiger partial charge in [0.2, 0.25) is 6.10 Å². The minimum atomic E-state index is -5.24. The maximum absolute atomic E-state index is 13.3. The van der Waals surface area contributed by atoms with Crippen LogP contribution in [-0.2, 0) is 43.4 Å². The molecule has 0 heterocycles. The first-order valence-corrected chi connectivity index (χ1v) is 12.6. The van der Waals surface area contributed by atoms with Crippen LogP contribution in [0.15, 0.2) is 12.1 Å². The summed E-state index contributed by atoms with van der Waals surface area (Å²) in [4.78, 5) is 26.0. The summed E-state index contributed by atoms with van der Waals surface area (Å²) in [5, 5.41) is 0. The van der Waals surface area contributed by atoms with Gasteiger partial charge in [-0.2, -0.15) is 21.6 Å². The summed E-state index contributed by atoms with van der Waals surface area (Å²) in [7, 11) is 12.1. The number of hydrogen-bond donors (Lipinski definition) is 1. The molecular weight excluding hydrogens is 486 g/mol. The quantitative estimate of drug-likeness (QED) is 0.234. The Morgan fingerprint density at radius 2 is 1.51 bits per heavy atom. The molecule has 0 saturated heterocycles. The zero-order chi connectivity index (χ0) is 26.1. The number of ether oxygens (including phenoxy) is 2. The van der Waals surface area contributed by atoms with Crippen LogP contribution in [0.4, 0.5) is 13.2 Å². The second-order valence-corrected chi connectivity index (χ2v) is 10.4. The van der Waals surface area contributed by atoms with Crippen LogP contribution >= 0.6 is 0 Å². The highest BCUT2D eigenvalue weighted by Gasteiger charge is 2.57. The van der Waals surface area contributed by atoms with Crippen LogP contribution in [0.1, 0.15) is 36.0 Å². The Labute approximate surface area is 205 Å². The predicted octanol–water partition coefficient (Wildman–Crippen LogP) is 1.62. The fraction of sp³-hybridized carbons (Fsp3) is 0.619. The molecule has 1 aromatic rings. The van der Waals surface area contributed by atoms with Crippen LogP contribution in [0.3, 0.4) is 0 Å². The molecule has 7 nitrogen and oxygen atoms in total. The monoisotopic (exact) mass is 508 g/mol. The van der Waals surface area contributed by atoms with E-state index in [9.17, 15) is 31.2 Å². The van der Waals surface area contributed by atoms with Gasteiger partial charge in [-0.1, -0.05) is 36.7 Å². The molecule has 0 aliphatic heterocycles. The van der Waals surface area contributed by atoms with E-state index in [0.29, 0.717) is 36.0 Å². The lowest BCUT2D eigenvalue weighted by Gasteiger charge is -2.30. The number of fused-ring (bicyclic) bond motifs is 2. The fourth-order valence-electron chi connectivity index (χ4n) is 5.12. The number of alkyl halides is 3. The Morgan fingerprint density at radius 1 is 1.00 bits per heavy atom. The molecule has 1 aromatic carbocycles. The van der Waals surface area contributed by atoms with E-state index in [2.05, 4.69) is 4.74 Å². The third kappa shape index (κ3) is 6.25. The minimum absolute atomic E-state index is 0.00542. The van der Waals surface area contributed by atoms with Gasteiger partial charge in [-0.05, 0) is 42.2 Å². The zero-order valence-corrected chi connectivity index (χ0v) is 19.5. The standard InChI is InChI=1S/C21H22B3F3O7S/c22-6-10-3-13(7-23)18(14(4-10)8-24)34-20(29)17-12-2-1-11(5-12)16(17)19(28)33-15(21(25,26)27)9-35(30,31)32/h3-4,11-12,15-17H,1-2,5-9H2,(H,30,31,32). The van der Waals surface area contributed by atoms with Crippen molar-refractivity contribution in [3.8, 4) is 5.75 Å².